The van der Waals surface area contributed by atoms with Gasteiger partial charge in [0.1, 0.15) is 0 Å². The van der Waals surface area contributed by atoms with E-state index in [0.717, 1.165) is 6.54 Å². The summed E-state index contributed by atoms with van der Waals surface area (Å²) in [6.07, 6.45) is 9.08. The first-order valence-electron chi connectivity index (χ1n) is 8.67. The minimum atomic E-state index is 0. The van der Waals surface area contributed by atoms with Crippen molar-refractivity contribution in [2.45, 2.75) is 57.0 Å². The van der Waals surface area contributed by atoms with Gasteiger partial charge in [0.2, 0.25) is 0 Å². The third-order valence-electron chi connectivity index (χ3n) is 4.84. The Morgan fingerprint density at radius 3 is 2.65 bits per heavy atom. The number of hydrogen-bond acceptors (Lipinski definition) is 3. The van der Waals surface area contributed by atoms with E-state index >= 15 is 0 Å². The van der Waals surface area contributed by atoms with Crippen LogP contribution in [-0.4, -0.2) is 36.5 Å². The van der Waals surface area contributed by atoms with Crippen LogP contribution in [0.4, 0.5) is 0 Å². The van der Waals surface area contributed by atoms with Gasteiger partial charge in [-0.2, -0.15) is 0 Å². The summed E-state index contributed by atoms with van der Waals surface area (Å²) in [6, 6.07) is 5.29. The Bertz CT molecular complexity index is 465. The number of nitrogens with two attached hydrogens (primary N) is 1. The van der Waals surface area contributed by atoms with Crippen LogP contribution >= 0.6 is 35.3 Å². The molecule has 1 atom stereocenters. The van der Waals surface area contributed by atoms with E-state index in [4.69, 9.17) is 5.73 Å². The normalized spacial score (nSPS) is 21.8. The average Bonchev–Trinajstić information content (AvgIpc) is 3.22. The Labute approximate surface area is 160 Å². The Morgan fingerprint density at radius 1 is 1.26 bits per heavy atom. The van der Waals surface area contributed by atoms with Crippen molar-refractivity contribution >= 4 is 41.3 Å². The summed E-state index contributed by atoms with van der Waals surface area (Å²) in [7, 11) is 0. The van der Waals surface area contributed by atoms with Crippen LogP contribution in [0, 0.1) is 0 Å². The van der Waals surface area contributed by atoms with Gasteiger partial charge < -0.3 is 11.1 Å². The fourth-order valence-corrected chi connectivity index (χ4v) is 4.46. The largest absolute Gasteiger partial charge is 0.370 e. The molecule has 1 aliphatic heterocycles. The second-order valence-corrected chi connectivity index (χ2v) is 7.46. The van der Waals surface area contributed by atoms with Crippen LogP contribution in [0.3, 0.4) is 0 Å². The summed E-state index contributed by atoms with van der Waals surface area (Å²) in [4.78, 5) is 8.64. The molecule has 0 aromatic carbocycles. The molecule has 2 aliphatic rings. The third-order valence-corrected chi connectivity index (χ3v) is 5.82. The quantitative estimate of drug-likeness (QED) is 0.410. The van der Waals surface area contributed by atoms with Crippen LogP contribution in [0.25, 0.3) is 0 Å². The van der Waals surface area contributed by atoms with Gasteiger partial charge in [0.25, 0.3) is 0 Å². The van der Waals surface area contributed by atoms with Gasteiger partial charge in [-0.05, 0) is 50.2 Å². The maximum absolute atomic E-state index is 6.13. The maximum Gasteiger partial charge on any atom is 0.188 e. The van der Waals surface area contributed by atoms with Gasteiger partial charge in [0.05, 0.1) is 12.6 Å². The summed E-state index contributed by atoms with van der Waals surface area (Å²) >= 11 is 1.83. The SMILES string of the molecule is I.NC(=NCC(c1cccs1)N1CCCC1)NC1CCCCC1. The predicted molar refractivity (Wildman–Crippen MR) is 110 cm³/mol. The number of rotatable bonds is 5. The molecule has 0 spiro atoms. The van der Waals surface area contributed by atoms with Gasteiger partial charge in [0.15, 0.2) is 5.96 Å². The van der Waals surface area contributed by atoms with Crippen LogP contribution in [0.15, 0.2) is 22.5 Å². The first kappa shape index (κ1) is 19.0. The van der Waals surface area contributed by atoms with Gasteiger partial charge in [-0.3, -0.25) is 9.89 Å². The molecular formula is C17H29IN4S. The number of nitrogens with zero attached hydrogens (tertiary/aromatic N) is 2. The number of nitrogens with one attached hydrogen (secondary N) is 1. The number of halogens is 1. The highest BCUT2D eigenvalue weighted by atomic mass is 127. The zero-order valence-corrected chi connectivity index (χ0v) is 16.9. The molecule has 23 heavy (non-hydrogen) atoms. The van der Waals surface area contributed by atoms with Crippen LogP contribution in [0.2, 0.25) is 0 Å². The predicted octanol–water partition coefficient (Wildman–Crippen LogP) is 3.74. The van der Waals surface area contributed by atoms with Crippen LogP contribution in [-0.2, 0) is 0 Å². The number of guanidine groups is 1. The van der Waals surface area contributed by atoms with Crippen molar-refractivity contribution in [1.29, 1.82) is 0 Å². The van der Waals surface area contributed by atoms with Crippen LogP contribution in [0.1, 0.15) is 55.9 Å². The summed E-state index contributed by atoms with van der Waals surface area (Å²) in [5, 5.41) is 5.58. The highest BCUT2D eigenvalue weighted by Gasteiger charge is 2.24. The van der Waals surface area contributed by atoms with E-state index < -0.39 is 0 Å². The van der Waals surface area contributed by atoms with Crippen molar-refractivity contribution in [1.82, 2.24) is 10.2 Å². The van der Waals surface area contributed by atoms with Crippen molar-refractivity contribution in [3.8, 4) is 0 Å². The smallest absolute Gasteiger partial charge is 0.188 e. The molecule has 4 nitrogen and oxygen atoms in total. The van der Waals surface area contributed by atoms with Gasteiger partial charge in [-0.1, -0.05) is 25.3 Å². The Hall–Kier alpha value is -0.340. The monoisotopic (exact) mass is 448 g/mol. The van der Waals surface area contributed by atoms with Crippen molar-refractivity contribution in [2.24, 2.45) is 10.7 Å². The second kappa shape index (κ2) is 9.84. The molecule has 2 heterocycles. The molecule has 1 aromatic heterocycles. The van der Waals surface area contributed by atoms with Gasteiger partial charge >= 0.3 is 0 Å². The summed E-state index contributed by atoms with van der Waals surface area (Å²) < 4.78 is 0. The van der Waals surface area contributed by atoms with Crippen LogP contribution in [0.5, 0.6) is 0 Å². The number of thiophene rings is 1. The molecule has 1 aromatic rings. The molecule has 3 rings (SSSR count). The molecule has 1 saturated carbocycles. The molecule has 0 bridgehead atoms. The zero-order valence-electron chi connectivity index (χ0n) is 13.7. The molecule has 6 heteroatoms. The van der Waals surface area contributed by atoms with Crippen molar-refractivity contribution in [3.63, 3.8) is 0 Å². The van der Waals surface area contributed by atoms with Gasteiger partial charge in [-0.15, -0.1) is 35.3 Å². The lowest BCUT2D eigenvalue weighted by Gasteiger charge is -2.26. The first-order valence-corrected chi connectivity index (χ1v) is 9.55. The fourth-order valence-electron chi connectivity index (χ4n) is 3.61. The van der Waals surface area contributed by atoms with E-state index in [0.29, 0.717) is 18.0 Å². The van der Waals surface area contributed by atoms with Gasteiger partial charge in [0, 0.05) is 10.9 Å². The van der Waals surface area contributed by atoms with E-state index in [1.54, 1.807) is 0 Å². The molecule has 1 aliphatic carbocycles. The molecule has 2 fully saturated rings. The fraction of sp³-hybridized carbons (Fsp3) is 0.706. The van der Waals surface area contributed by atoms with Crippen molar-refractivity contribution in [3.05, 3.63) is 22.4 Å². The lowest BCUT2D eigenvalue weighted by atomic mass is 9.96. The molecule has 1 unspecified atom stereocenters. The van der Waals surface area contributed by atoms with E-state index in [2.05, 4.69) is 32.7 Å². The molecule has 3 N–H and O–H groups in total. The Morgan fingerprint density at radius 2 is 2.00 bits per heavy atom. The lowest BCUT2D eigenvalue weighted by molar-refractivity contribution is 0.255. The van der Waals surface area contributed by atoms with Crippen LogP contribution < -0.4 is 11.1 Å². The summed E-state index contributed by atoms with van der Waals surface area (Å²) in [5.74, 6) is 0.632. The lowest BCUT2D eigenvalue weighted by Crippen LogP contribution is -2.41. The minimum absolute atomic E-state index is 0. The highest BCUT2D eigenvalue weighted by Crippen LogP contribution is 2.28. The molecule has 0 radical (unpaired) electrons. The third kappa shape index (κ3) is 5.60. The number of likely N-dealkylation sites (tertiary alicyclic amines) is 1. The van der Waals surface area contributed by atoms with E-state index in [-0.39, 0.29) is 24.0 Å². The Kier molecular flexibility index (Phi) is 8.12. The molecular weight excluding hydrogens is 419 g/mol. The average molecular weight is 448 g/mol. The van der Waals surface area contributed by atoms with E-state index in [1.807, 2.05) is 11.3 Å². The molecule has 1 saturated heterocycles. The number of aliphatic imine (C=N–C) groups is 1. The molecule has 0 amide bonds. The first-order chi connectivity index (χ1) is 10.8. The van der Waals surface area contributed by atoms with E-state index in [1.165, 1.54) is 62.9 Å². The maximum atomic E-state index is 6.13. The number of hydrogen-bond donors (Lipinski definition) is 2. The topological polar surface area (TPSA) is 53.6 Å². The zero-order chi connectivity index (χ0) is 15.2. The molecule has 130 valence electrons. The van der Waals surface area contributed by atoms with Crippen molar-refractivity contribution in [2.75, 3.05) is 19.6 Å². The van der Waals surface area contributed by atoms with E-state index in [9.17, 15) is 0 Å². The van der Waals surface area contributed by atoms with Crippen molar-refractivity contribution < 1.29 is 0 Å². The Balaban J connectivity index is 0.00000192. The summed E-state index contributed by atoms with van der Waals surface area (Å²) in [5.41, 5.74) is 6.13. The summed E-state index contributed by atoms with van der Waals surface area (Å²) in [6.45, 7) is 3.15. The minimum Gasteiger partial charge on any atom is -0.370 e. The highest BCUT2D eigenvalue weighted by molar-refractivity contribution is 14.0. The second-order valence-electron chi connectivity index (χ2n) is 6.48. The van der Waals surface area contributed by atoms with Gasteiger partial charge in [-0.25, -0.2) is 0 Å². The standard InChI is InChI=1S/C17H28N4S.HI/c18-17(20-14-7-2-1-3-8-14)19-13-15(16-9-6-12-22-16)21-10-4-5-11-21;/h6,9,12,14-15H,1-5,7-8,10-11,13H2,(H3,18,19,20);1H.